The van der Waals surface area contributed by atoms with E-state index in [1.807, 2.05) is 4.90 Å². The molecule has 8 nitrogen and oxygen atoms in total. The lowest BCUT2D eigenvalue weighted by Gasteiger charge is -2.31. The van der Waals surface area contributed by atoms with Gasteiger partial charge in [-0.3, -0.25) is 10.1 Å². The van der Waals surface area contributed by atoms with Crippen LogP contribution in [0.4, 0.5) is 40.7 Å². The summed E-state index contributed by atoms with van der Waals surface area (Å²) in [4.78, 5) is 24.2. The molecule has 154 valence electrons. The van der Waals surface area contributed by atoms with E-state index in [0.717, 1.165) is 12.1 Å². The van der Waals surface area contributed by atoms with Crippen molar-refractivity contribution < 1.29 is 27.6 Å². The Morgan fingerprint density at radius 3 is 2.31 bits per heavy atom. The number of anilines is 3. The van der Waals surface area contributed by atoms with Gasteiger partial charge in [-0.15, -0.1) is 0 Å². The van der Waals surface area contributed by atoms with Gasteiger partial charge < -0.3 is 20.3 Å². The van der Waals surface area contributed by atoms with Gasteiger partial charge in [-0.25, -0.2) is 4.79 Å². The highest BCUT2D eigenvalue weighted by Crippen LogP contribution is 2.35. The zero-order valence-electron chi connectivity index (χ0n) is 15.0. The van der Waals surface area contributed by atoms with Crippen molar-refractivity contribution in [3.8, 4) is 0 Å². The van der Waals surface area contributed by atoms with Crippen molar-refractivity contribution in [2.75, 3.05) is 41.8 Å². The monoisotopic (exact) mass is 410 g/mol. The smallest absolute Gasteiger partial charge is 0.378 e. The number of halogens is 3. The Morgan fingerprint density at radius 1 is 1.07 bits per heavy atom. The number of alkyl halides is 3. The number of hydrogen-bond donors (Lipinski definition) is 2. The molecule has 0 unspecified atom stereocenters. The number of non-ortho nitro benzene ring substituents is 1. The third kappa shape index (κ3) is 5.13. The molecule has 0 saturated carbocycles. The fourth-order valence-corrected chi connectivity index (χ4v) is 2.84. The van der Waals surface area contributed by atoms with Crippen molar-refractivity contribution in [3.63, 3.8) is 0 Å². The molecule has 1 saturated heterocycles. The molecule has 29 heavy (non-hydrogen) atoms. The standard InChI is InChI=1S/C18H17F3N4O4/c19-18(20,21)12-1-6-16(24-7-9-29-10-8-24)15(11-12)23-17(26)22-13-2-4-14(5-3-13)25(27)28/h1-6,11H,7-10H2,(H2,22,23,26). The highest BCUT2D eigenvalue weighted by Gasteiger charge is 2.32. The number of carbonyl (C=O) groups excluding carboxylic acids is 1. The number of morpholine rings is 1. The highest BCUT2D eigenvalue weighted by atomic mass is 19.4. The Labute approximate surface area is 163 Å². The van der Waals surface area contributed by atoms with Crippen LogP contribution in [0.15, 0.2) is 42.5 Å². The van der Waals surface area contributed by atoms with E-state index >= 15 is 0 Å². The third-order valence-corrected chi connectivity index (χ3v) is 4.26. The Bertz CT molecular complexity index is 897. The van der Waals surface area contributed by atoms with Crippen molar-refractivity contribution in [1.29, 1.82) is 0 Å². The van der Waals surface area contributed by atoms with Gasteiger partial charge in [0.05, 0.1) is 35.1 Å². The second-order valence-corrected chi connectivity index (χ2v) is 6.21. The summed E-state index contributed by atoms with van der Waals surface area (Å²) in [6.45, 7) is 1.80. The Hall–Kier alpha value is -3.34. The first kappa shape index (κ1) is 20.4. The maximum absolute atomic E-state index is 13.1. The molecule has 1 heterocycles. The molecule has 11 heteroatoms. The minimum absolute atomic E-state index is 0.00105. The predicted octanol–water partition coefficient (Wildman–Crippen LogP) is 4.09. The number of nitro groups is 1. The molecule has 1 aliphatic heterocycles. The largest absolute Gasteiger partial charge is 0.416 e. The van der Waals surface area contributed by atoms with E-state index in [9.17, 15) is 28.1 Å². The Balaban J connectivity index is 1.81. The normalized spacial score (nSPS) is 14.4. The van der Waals surface area contributed by atoms with Crippen LogP contribution in [0.3, 0.4) is 0 Å². The molecule has 2 aromatic rings. The van der Waals surface area contributed by atoms with Gasteiger partial charge in [0.25, 0.3) is 5.69 Å². The van der Waals surface area contributed by atoms with Crippen LogP contribution < -0.4 is 15.5 Å². The molecule has 3 rings (SSSR count). The molecule has 2 aromatic carbocycles. The van der Waals surface area contributed by atoms with E-state index in [1.54, 1.807) is 0 Å². The molecule has 0 spiro atoms. The average molecular weight is 410 g/mol. The van der Waals surface area contributed by atoms with Crippen LogP contribution in [0.25, 0.3) is 0 Å². The molecule has 0 bridgehead atoms. The summed E-state index contributed by atoms with van der Waals surface area (Å²) in [5.74, 6) is 0. The number of carbonyl (C=O) groups is 1. The Morgan fingerprint density at radius 2 is 1.72 bits per heavy atom. The number of ether oxygens (including phenoxy) is 1. The van der Waals surface area contributed by atoms with E-state index in [4.69, 9.17) is 4.74 Å². The maximum Gasteiger partial charge on any atom is 0.416 e. The van der Waals surface area contributed by atoms with Crippen LogP contribution in [0.1, 0.15) is 5.56 Å². The fraction of sp³-hybridized carbons (Fsp3) is 0.278. The first-order chi connectivity index (χ1) is 13.7. The first-order valence-electron chi connectivity index (χ1n) is 8.60. The van der Waals surface area contributed by atoms with Crippen LogP contribution in [0.2, 0.25) is 0 Å². The molecular formula is C18H17F3N4O4. The molecule has 0 aromatic heterocycles. The number of amides is 2. The SMILES string of the molecule is O=C(Nc1ccc([N+](=O)[O-])cc1)Nc1cc(C(F)(F)F)ccc1N1CCOCC1. The summed E-state index contributed by atoms with van der Waals surface area (Å²) in [5.41, 5.74) is -0.335. The number of rotatable bonds is 4. The quantitative estimate of drug-likeness (QED) is 0.585. The van der Waals surface area contributed by atoms with Gasteiger partial charge in [-0.1, -0.05) is 0 Å². The minimum Gasteiger partial charge on any atom is -0.378 e. The van der Waals surface area contributed by atoms with Gasteiger partial charge in [-0.2, -0.15) is 13.2 Å². The first-order valence-corrected chi connectivity index (χ1v) is 8.60. The number of nitro benzene ring substituents is 1. The van der Waals surface area contributed by atoms with Crippen molar-refractivity contribution in [2.45, 2.75) is 6.18 Å². The van der Waals surface area contributed by atoms with Crippen LogP contribution in [0.5, 0.6) is 0 Å². The molecule has 1 fully saturated rings. The average Bonchev–Trinajstić information content (AvgIpc) is 2.68. The third-order valence-electron chi connectivity index (χ3n) is 4.26. The summed E-state index contributed by atoms with van der Waals surface area (Å²) < 4.78 is 44.6. The summed E-state index contributed by atoms with van der Waals surface area (Å²) >= 11 is 0. The summed E-state index contributed by atoms with van der Waals surface area (Å²) in [7, 11) is 0. The predicted molar refractivity (Wildman–Crippen MR) is 100 cm³/mol. The van der Waals surface area contributed by atoms with Crippen molar-refractivity contribution in [3.05, 3.63) is 58.1 Å². The van der Waals surface area contributed by atoms with Crippen LogP contribution in [0, 0.1) is 10.1 Å². The van der Waals surface area contributed by atoms with Crippen molar-refractivity contribution in [2.24, 2.45) is 0 Å². The van der Waals surface area contributed by atoms with Crippen LogP contribution in [-0.4, -0.2) is 37.3 Å². The molecule has 2 amide bonds. The van der Waals surface area contributed by atoms with Gasteiger partial charge in [0.15, 0.2) is 0 Å². The lowest BCUT2D eigenvalue weighted by Crippen LogP contribution is -2.37. The lowest BCUT2D eigenvalue weighted by molar-refractivity contribution is -0.384. The topological polar surface area (TPSA) is 96.7 Å². The van der Waals surface area contributed by atoms with E-state index in [2.05, 4.69) is 10.6 Å². The van der Waals surface area contributed by atoms with E-state index in [-0.39, 0.29) is 17.1 Å². The van der Waals surface area contributed by atoms with Gasteiger partial charge >= 0.3 is 12.2 Å². The minimum atomic E-state index is -4.56. The van der Waals surface area contributed by atoms with Crippen LogP contribution in [-0.2, 0) is 10.9 Å². The molecule has 0 aliphatic carbocycles. The number of benzene rings is 2. The number of nitrogens with zero attached hydrogens (tertiary/aromatic N) is 2. The number of hydrogen-bond acceptors (Lipinski definition) is 5. The van der Waals surface area contributed by atoms with Gasteiger partial charge in [-0.05, 0) is 30.3 Å². The second-order valence-electron chi connectivity index (χ2n) is 6.21. The van der Waals surface area contributed by atoms with Crippen molar-refractivity contribution >= 4 is 28.8 Å². The van der Waals surface area contributed by atoms with Crippen LogP contribution >= 0.6 is 0 Å². The maximum atomic E-state index is 13.1. The van der Waals surface area contributed by atoms with E-state index in [0.29, 0.717) is 32.0 Å². The molecule has 2 N–H and O–H groups in total. The summed E-state index contributed by atoms with van der Waals surface area (Å²) in [5, 5.41) is 15.6. The number of urea groups is 1. The second kappa shape index (κ2) is 8.35. The zero-order valence-corrected chi connectivity index (χ0v) is 15.0. The molecule has 0 radical (unpaired) electrons. The fourth-order valence-electron chi connectivity index (χ4n) is 2.84. The molecular weight excluding hydrogens is 393 g/mol. The summed E-state index contributed by atoms with van der Waals surface area (Å²) in [6, 6.07) is 7.45. The molecule has 1 aliphatic rings. The van der Waals surface area contributed by atoms with Gasteiger partial charge in [0, 0.05) is 30.9 Å². The van der Waals surface area contributed by atoms with Gasteiger partial charge in [0.2, 0.25) is 0 Å². The van der Waals surface area contributed by atoms with E-state index < -0.39 is 22.7 Å². The van der Waals surface area contributed by atoms with E-state index in [1.165, 1.54) is 30.3 Å². The molecule has 0 atom stereocenters. The van der Waals surface area contributed by atoms with Gasteiger partial charge in [0.1, 0.15) is 0 Å². The van der Waals surface area contributed by atoms with Crippen molar-refractivity contribution in [1.82, 2.24) is 0 Å². The lowest BCUT2D eigenvalue weighted by atomic mass is 10.1. The highest BCUT2D eigenvalue weighted by molar-refractivity contribution is 6.02. The number of nitrogens with one attached hydrogen (secondary N) is 2. The summed E-state index contributed by atoms with van der Waals surface area (Å²) in [6.07, 6.45) is -4.56. The zero-order chi connectivity index (χ0) is 21.0. The Kier molecular flexibility index (Phi) is 5.87.